The standard InChI is InChI=1S/C22H27F3N4O2.ClH/c1-14-11-26-12-15(2)19(14)18(30)9-6-10-27-21(31)17-13-29(16-7-4-3-5-8-16)28-20(17)22(23,24)25;/h3-5,7-8,13-15,19,26H,6,9-12H2,1-2H3,(H,27,31);1H. The van der Waals surface area contributed by atoms with Gasteiger partial charge in [0.1, 0.15) is 5.78 Å². The van der Waals surface area contributed by atoms with Crippen LogP contribution in [0.25, 0.3) is 5.69 Å². The Balaban J connectivity index is 0.00000363. The molecule has 2 heterocycles. The number of alkyl halides is 3. The minimum atomic E-state index is -4.76. The van der Waals surface area contributed by atoms with Crippen molar-refractivity contribution in [3.63, 3.8) is 0 Å². The number of Topliss-reactive ketones (excluding diaryl/α,β-unsaturated/α-hetero) is 1. The van der Waals surface area contributed by atoms with Crippen LogP contribution in [-0.2, 0) is 11.0 Å². The van der Waals surface area contributed by atoms with Gasteiger partial charge < -0.3 is 10.6 Å². The maximum Gasteiger partial charge on any atom is 0.435 e. The van der Waals surface area contributed by atoms with Gasteiger partial charge in [0, 0.05) is 25.1 Å². The van der Waals surface area contributed by atoms with Gasteiger partial charge in [-0.1, -0.05) is 32.0 Å². The highest BCUT2D eigenvalue weighted by Gasteiger charge is 2.39. The summed E-state index contributed by atoms with van der Waals surface area (Å²) in [6, 6.07) is 8.28. The van der Waals surface area contributed by atoms with Crippen LogP contribution in [0.4, 0.5) is 13.2 Å². The van der Waals surface area contributed by atoms with Crippen molar-refractivity contribution in [1.29, 1.82) is 0 Å². The number of piperidine rings is 1. The van der Waals surface area contributed by atoms with Gasteiger partial charge in [0.25, 0.3) is 5.91 Å². The topological polar surface area (TPSA) is 76.0 Å². The van der Waals surface area contributed by atoms with E-state index < -0.39 is 23.3 Å². The van der Waals surface area contributed by atoms with E-state index in [0.717, 1.165) is 24.0 Å². The second-order valence-corrected chi connectivity index (χ2v) is 8.13. The number of carbonyl (C=O) groups excluding carboxylic acids is 2. The Labute approximate surface area is 191 Å². The van der Waals surface area contributed by atoms with Crippen molar-refractivity contribution in [1.82, 2.24) is 20.4 Å². The van der Waals surface area contributed by atoms with Crippen molar-refractivity contribution in [3.05, 3.63) is 47.8 Å². The van der Waals surface area contributed by atoms with Gasteiger partial charge in [-0.25, -0.2) is 4.68 Å². The minimum absolute atomic E-state index is 0. The molecule has 2 unspecified atom stereocenters. The fourth-order valence-corrected chi connectivity index (χ4v) is 4.18. The van der Waals surface area contributed by atoms with Gasteiger partial charge in [-0.15, -0.1) is 12.4 Å². The highest BCUT2D eigenvalue weighted by Crippen LogP contribution is 2.31. The van der Waals surface area contributed by atoms with Crippen molar-refractivity contribution >= 4 is 24.1 Å². The molecular weight excluding hydrogens is 445 g/mol. The number of aromatic nitrogens is 2. The third-order valence-corrected chi connectivity index (χ3v) is 5.66. The summed E-state index contributed by atoms with van der Waals surface area (Å²) in [7, 11) is 0. The van der Waals surface area contributed by atoms with E-state index in [9.17, 15) is 22.8 Å². The molecule has 0 aliphatic carbocycles. The van der Waals surface area contributed by atoms with Crippen LogP contribution in [-0.4, -0.2) is 41.1 Å². The average Bonchev–Trinajstić information content (AvgIpc) is 3.18. The van der Waals surface area contributed by atoms with Crippen molar-refractivity contribution in [3.8, 4) is 5.69 Å². The van der Waals surface area contributed by atoms with Crippen LogP contribution < -0.4 is 10.6 Å². The summed E-state index contributed by atoms with van der Waals surface area (Å²) in [5.74, 6) is -0.264. The number of ketones is 1. The first-order valence-electron chi connectivity index (χ1n) is 10.4. The van der Waals surface area contributed by atoms with Gasteiger partial charge >= 0.3 is 6.18 Å². The predicted molar refractivity (Wildman–Crippen MR) is 117 cm³/mol. The predicted octanol–water partition coefficient (Wildman–Crippen LogP) is 3.88. The van der Waals surface area contributed by atoms with E-state index in [1.54, 1.807) is 30.3 Å². The number of hydrogen-bond donors (Lipinski definition) is 2. The molecule has 0 radical (unpaired) electrons. The molecule has 0 saturated carbocycles. The number of nitrogens with one attached hydrogen (secondary N) is 2. The molecule has 6 nitrogen and oxygen atoms in total. The van der Waals surface area contributed by atoms with Crippen molar-refractivity contribution in [2.75, 3.05) is 19.6 Å². The summed E-state index contributed by atoms with van der Waals surface area (Å²) in [6.45, 7) is 5.78. The Kier molecular flexibility index (Phi) is 8.86. The van der Waals surface area contributed by atoms with Gasteiger partial charge in [0.05, 0.1) is 11.3 Å². The maximum absolute atomic E-state index is 13.4. The fourth-order valence-electron chi connectivity index (χ4n) is 4.18. The molecule has 10 heteroatoms. The Morgan fingerprint density at radius 3 is 2.38 bits per heavy atom. The number of nitrogens with zero attached hydrogens (tertiary/aromatic N) is 2. The molecule has 0 bridgehead atoms. The van der Waals surface area contributed by atoms with E-state index in [1.165, 1.54) is 0 Å². The molecule has 1 amide bonds. The summed E-state index contributed by atoms with van der Waals surface area (Å²) in [4.78, 5) is 25.0. The van der Waals surface area contributed by atoms with E-state index in [4.69, 9.17) is 0 Å². The number of rotatable bonds is 7. The normalized spacial score (nSPS) is 21.0. The molecule has 176 valence electrons. The smallest absolute Gasteiger partial charge is 0.352 e. The number of para-hydroxylation sites is 1. The minimum Gasteiger partial charge on any atom is -0.352 e. The molecule has 1 aromatic carbocycles. The number of hydrogen-bond acceptors (Lipinski definition) is 4. The van der Waals surface area contributed by atoms with Gasteiger partial charge in [0.15, 0.2) is 5.69 Å². The molecule has 1 aliphatic rings. The molecule has 32 heavy (non-hydrogen) atoms. The highest BCUT2D eigenvalue weighted by atomic mass is 35.5. The van der Waals surface area contributed by atoms with Crippen LogP contribution in [0.2, 0.25) is 0 Å². The molecule has 2 N–H and O–H groups in total. The van der Waals surface area contributed by atoms with E-state index in [1.807, 2.05) is 13.8 Å². The lowest BCUT2D eigenvalue weighted by atomic mass is 9.76. The van der Waals surface area contributed by atoms with Gasteiger partial charge in [-0.05, 0) is 43.5 Å². The summed E-state index contributed by atoms with van der Waals surface area (Å²) < 4.78 is 41.3. The molecule has 3 rings (SSSR count). The van der Waals surface area contributed by atoms with Crippen molar-refractivity contribution in [2.45, 2.75) is 32.9 Å². The second-order valence-electron chi connectivity index (χ2n) is 8.13. The molecule has 1 fully saturated rings. The summed E-state index contributed by atoms with van der Waals surface area (Å²) in [6.07, 6.45) is -3.02. The number of halogens is 4. The van der Waals surface area contributed by atoms with E-state index in [-0.39, 0.29) is 48.9 Å². The lowest BCUT2D eigenvalue weighted by Gasteiger charge is -2.34. The van der Waals surface area contributed by atoms with E-state index in [0.29, 0.717) is 12.1 Å². The zero-order valence-electron chi connectivity index (χ0n) is 18.0. The maximum atomic E-state index is 13.4. The molecule has 1 aliphatic heterocycles. The third-order valence-electron chi connectivity index (χ3n) is 5.66. The fraction of sp³-hybridized carbons (Fsp3) is 0.500. The van der Waals surface area contributed by atoms with Gasteiger partial charge in [0.2, 0.25) is 0 Å². The summed E-state index contributed by atoms with van der Waals surface area (Å²) in [5.41, 5.74) is -1.35. The Morgan fingerprint density at radius 1 is 1.16 bits per heavy atom. The van der Waals surface area contributed by atoms with Crippen LogP contribution >= 0.6 is 12.4 Å². The first kappa shape index (κ1) is 25.9. The van der Waals surface area contributed by atoms with Gasteiger partial charge in [-0.3, -0.25) is 9.59 Å². The molecule has 2 atom stereocenters. The van der Waals surface area contributed by atoms with E-state index >= 15 is 0 Å². The second kappa shape index (κ2) is 11.0. The monoisotopic (exact) mass is 472 g/mol. The van der Waals surface area contributed by atoms with Crippen LogP contribution in [0, 0.1) is 17.8 Å². The number of carbonyl (C=O) groups is 2. The SMILES string of the molecule is CC1CNCC(C)C1C(=O)CCCNC(=O)c1cn(-c2ccccc2)nc1C(F)(F)F.Cl. The molecule has 0 spiro atoms. The lowest BCUT2D eigenvalue weighted by Crippen LogP contribution is -2.44. The number of benzene rings is 1. The van der Waals surface area contributed by atoms with E-state index in [2.05, 4.69) is 15.7 Å². The molecule has 1 aromatic heterocycles. The third kappa shape index (κ3) is 6.10. The van der Waals surface area contributed by atoms with Gasteiger partial charge in [-0.2, -0.15) is 18.3 Å². The van der Waals surface area contributed by atoms with Crippen LogP contribution in [0.1, 0.15) is 42.7 Å². The Hall–Kier alpha value is -2.39. The first-order valence-corrected chi connectivity index (χ1v) is 10.4. The first-order chi connectivity index (χ1) is 14.7. The molecule has 1 saturated heterocycles. The van der Waals surface area contributed by atoms with Crippen LogP contribution in [0.3, 0.4) is 0 Å². The number of amides is 1. The average molecular weight is 473 g/mol. The summed E-state index contributed by atoms with van der Waals surface area (Å²) >= 11 is 0. The quantitative estimate of drug-likeness (QED) is 0.599. The van der Waals surface area contributed by atoms with Crippen molar-refractivity contribution in [2.24, 2.45) is 17.8 Å². The zero-order chi connectivity index (χ0) is 22.6. The molecular formula is C22H28ClF3N4O2. The Bertz CT molecular complexity index is 908. The lowest BCUT2D eigenvalue weighted by molar-refractivity contribution is -0.141. The van der Waals surface area contributed by atoms with Crippen molar-refractivity contribution < 1.29 is 22.8 Å². The molecule has 2 aromatic rings. The van der Waals surface area contributed by atoms with Crippen LogP contribution in [0.5, 0.6) is 0 Å². The highest BCUT2D eigenvalue weighted by molar-refractivity contribution is 5.95. The van der Waals surface area contributed by atoms with Crippen LogP contribution in [0.15, 0.2) is 36.5 Å². The largest absolute Gasteiger partial charge is 0.435 e. The Morgan fingerprint density at radius 2 is 1.78 bits per heavy atom. The summed E-state index contributed by atoms with van der Waals surface area (Å²) in [5, 5.41) is 9.37. The zero-order valence-corrected chi connectivity index (χ0v) is 18.8.